The van der Waals surface area contributed by atoms with E-state index in [9.17, 15) is 5.11 Å². The van der Waals surface area contributed by atoms with Gasteiger partial charge < -0.3 is 30.8 Å². The number of aromatic nitrogens is 2. The fourth-order valence-corrected chi connectivity index (χ4v) is 2.12. The topological polar surface area (TPSA) is 126 Å². The largest absolute Gasteiger partial charge is 0.493 e. The van der Waals surface area contributed by atoms with Gasteiger partial charge in [-0.3, -0.25) is 0 Å². The molecule has 0 bridgehead atoms. The summed E-state index contributed by atoms with van der Waals surface area (Å²) in [5.41, 5.74) is 12.0. The number of hydrogen-bond donors (Lipinski definition) is 3. The van der Waals surface area contributed by atoms with Gasteiger partial charge in [0, 0.05) is 11.8 Å². The molecule has 0 aliphatic carbocycles. The van der Waals surface area contributed by atoms with Crippen LogP contribution in [0.2, 0.25) is 0 Å². The molecule has 0 radical (unpaired) electrons. The van der Waals surface area contributed by atoms with Crippen molar-refractivity contribution in [3.63, 3.8) is 0 Å². The lowest BCUT2D eigenvalue weighted by atomic mass is 10.0. The van der Waals surface area contributed by atoms with Gasteiger partial charge in [0.15, 0.2) is 11.5 Å². The van der Waals surface area contributed by atoms with Crippen molar-refractivity contribution < 1.29 is 19.3 Å². The third-order valence-corrected chi connectivity index (χ3v) is 3.26. The first-order valence-corrected chi connectivity index (χ1v) is 6.90. The molecule has 5 N–H and O–H groups in total. The summed E-state index contributed by atoms with van der Waals surface area (Å²) in [6, 6.07) is 3.18. The Bertz CT molecular complexity index is 748. The second kappa shape index (κ2) is 7.39. The van der Waals surface area contributed by atoms with Gasteiger partial charge in [-0.15, -0.1) is 6.42 Å². The average molecular weight is 330 g/mol. The first-order valence-electron chi connectivity index (χ1n) is 6.90. The van der Waals surface area contributed by atoms with Crippen LogP contribution in [0.5, 0.6) is 17.2 Å². The molecular weight excluding hydrogens is 312 g/mol. The molecule has 0 amide bonds. The summed E-state index contributed by atoms with van der Waals surface area (Å²) >= 11 is 0. The standard InChI is InChI=1S/C16H18N4O4/c1-4-5-24-14-11(22-2)6-9(7-12(14)23-3)13(21)10-8-19-16(18)20-15(10)17/h1,6-8,13,21H,5H2,2-3H3,(H4,17,18,19,20). The molecule has 1 heterocycles. The van der Waals surface area contributed by atoms with Gasteiger partial charge >= 0.3 is 0 Å². The van der Waals surface area contributed by atoms with Gasteiger partial charge in [-0.2, -0.15) is 4.98 Å². The number of rotatable bonds is 6. The smallest absolute Gasteiger partial charge is 0.221 e. The van der Waals surface area contributed by atoms with Crippen molar-refractivity contribution in [3.05, 3.63) is 29.5 Å². The van der Waals surface area contributed by atoms with Gasteiger partial charge in [0.25, 0.3) is 0 Å². The summed E-state index contributed by atoms with van der Waals surface area (Å²) in [7, 11) is 2.93. The monoisotopic (exact) mass is 330 g/mol. The highest BCUT2D eigenvalue weighted by Gasteiger charge is 2.21. The molecular formula is C16H18N4O4. The predicted molar refractivity (Wildman–Crippen MR) is 88.8 cm³/mol. The molecule has 1 unspecified atom stereocenters. The lowest BCUT2D eigenvalue weighted by molar-refractivity contribution is 0.218. The molecule has 8 heteroatoms. The van der Waals surface area contributed by atoms with Crippen LogP contribution in [0.4, 0.5) is 11.8 Å². The number of nitrogens with two attached hydrogens (primary N) is 2. The van der Waals surface area contributed by atoms with E-state index in [2.05, 4.69) is 15.9 Å². The number of nitrogens with zero attached hydrogens (tertiary/aromatic N) is 2. The number of aliphatic hydroxyl groups is 1. The number of terminal acetylenes is 1. The van der Waals surface area contributed by atoms with Gasteiger partial charge in [-0.05, 0) is 17.7 Å². The van der Waals surface area contributed by atoms with E-state index in [1.54, 1.807) is 12.1 Å². The molecule has 1 aromatic carbocycles. The fourth-order valence-electron chi connectivity index (χ4n) is 2.12. The van der Waals surface area contributed by atoms with E-state index in [-0.39, 0.29) is 18.4 Å². The van der Waals surface area contributed by atoms with E-state index in [0.717, 1.165) is 0 Å². The Hall–Kier alpha value is -3.18. The third-order valence-electron chi connectivity index (χ3n) is 3.26. The summed E-state index contributed by atoms with van der Waals surface area (Å²) in [6.07, 6.45) is 5.47. The van der Waals surface area contributed by atoms with Crippen LogP contribution in [0.1, 0.15) is 17.2 Å². The van der Waals surface area contributed by atoms with Gasteiger partial charge in [-0.1, -0.05) is 5.92 Å². The van der Waals surface area contributed by atoms with Gasteiger partial charge in [-0.25, -0.2) is 4.98 Å². The minimum absolute atomic E-state index is 0.0247. The molecule has 126 valence electrons. The zero-order valence-electron chi connectivity index (χ0n) is 13.3. The maximum atomic E-state index is 10.6. The summed E-state index contributed by atoms with van der Waals surface area (Å²) in [6.45, 7) is 0.0490. The zero-order valence-corrected chi connectivity index (χ0v) is 13.3. The molecule has 0 spiro atoms. The summed E-state index contributed by atoms with van der Waals surface area (Å²) in [4.78, 5) is 7.69. The number of aliphatic hydroxyl groups excluding tert-OH is 1. The Balaban J connectivity index is 2.48. The molecule has 1 atom stereocenters. The van der Waals surface area contributed by atoms with Crippen molar-refractivity contribution >= 4 is 11.8 Å². The first-order chi connectivity index (χ1) is 11.5. The molecule has 24 heavy (non-hydrogen) atoms. The molecule has 0 saturated heterocycles. The van der Waals surface area contributed by atoms with E-state index in [0.29, 0.717) is 28.4 Å². The number of benzene rings is 1. The van der Waals surface area contributed by atoms with Crippen LogP contribution in [0.3, 0.4) is 0 Å². The SMILES string of the molecule is C#CCOc1c(OC)cc(C(O)c2cnc(N)nc2N)cc1OC. The maximum Gasteiger partial charge on any atom is 0.221 e. The van der Waals surface area contributed by atoms with Crippen LogP contribution in [0.15, 0.2) is 18.3 Å². The first kappa shape index (κ1) is 17.2. The number of ether oxygens (including phenoxy) is 3. The summed E-state index contributed by atoms with van der Waals surface area (Å²) in [5.74, 6) is 3.53. The van der Waals surface area contributed by atoms with Gasteiger partial charge in [0.2, 0.25) is 11.7 Å². The van der Waals surface area contributed by atoms with Crippen LogP contribution >= 0.6 is 0 Å². The lowest BCUT2D eigenvalue weighted by Gasteiger charge is -2.18. The molecule has 8 nitrogen and oxygen atoms in total. The van der Waals surface area contributed by atoms with Crippen molar-refractivity contribution in [1.82, 2.24) is 9.97 Å². The Morgan fingerprint density at radius 3 is 2.38 bits per heavy atom. The van der Waals surface area contributed by atoms with Crippen molar-refractivity contribution in [2.45, 2.75) is 6.10 Å². The van der Waals surface area contributed by atoms with Crippen LogP contribution in [-0.4, -0.2) is 35.9 Å². The van der Waals surface area contributed by atoms with Gasteiger partial charge in [0.05, 0.1) is 14.2 Å². The Kier molecular flexibility index (Phi) is 5.29. The van der Waals surface area contributed by atoms with Crippen molar-refractivity contribution in [2.24, 2.45) is 0 Å². The molecule has 0 aliphatic heterocycles. The van der Waals surface area contributed by atoms with Crippen LogP contribution in [0, 0.1) is 12.3 Å². The van der Waals surface area contributed by atoms with Crippen molar-refractivity contribution in [2.75, 3.05) is 32.3 Å². The highest BCUT2D eigenvalue weighted by Crippen LogP contribution is 2.41. The van der Waals surface area contributed by atoms with Crippen LogP contribution in [0.25, 0.3) is 0 Å². The lowest BCUT2D eigenvalue weighted by Crippen LogP contribution is -2.09. The molecule has 0 fully saturated rings. The molecule has 0 aliphatic rings. The van der Waals surface area contributed by atoms with Crippen LogP contribution in [-0.2, 0) is 0 Å². The fraction of sp³-hybridized carbons (Fsp3) is 0.250. The maximum absolute atomic E-state index is 10.6. The van der Waals surface area contributed by atoms with Gasteiger partial charge in [0.1, 0.15) is 18.5 Å². The highest BCUT2D eigenvalue weighted by molar-refractivity contribution is 5.56. The number of methoxy groups -OCH3 is 2. The second-order valence-corrected chi connectivity index (χ2v) is 4.72. The number of anilines is 2. The molecule has 1 aromatic heterocycles. The van der Waals surface area contributed by atoms with E-state index < -0.39 is 6.10 Å². The number of nitrogen functional groups attached to an aromatic ring is 2. The van der Waals surface area contributed by atoms with Crippen molar-refractivity contribution in [1.29, 1.82) is 0 Å². The van der Waals surface area contributed by atoms with E-state index in [1.807, 2.05) is 0 Å². The predicted octanol–water partition coefficient (Wildman–Crippen LogP) is 0.752. The number of hydrogen-bond acceptors (Lipinski definition) is 8. The zero-order chi connectivity index (χ0) is 17.7. The van der Waals surface area contributed by atoms with E-state index in [1.165, 1.54) is 20.4 Å². The van der Waals surface area contributed by atoms with E-state index >= 15 is 0 Å². The minimum atomic E-state index is -1.10. The average Bonchev–Trinajstić information content (AvgIpc) is 2.58. The second-order valence-electron chi connectivity index (χ2n) is 4.72. The molecule has 2 rings (SSSR count). The Morgan fingerprint density at radius 1 is 1.25 bits per heavy atom. The normalized spacial score (nSPS) is 11.4. The molecule has 2 aromatic rings. The summed E-state index contributed by atoms with van der Waals surface area (Å²) < 4.78 is 16.0. The minimum Gasteiger partial charge on any atom is -0.493 e. The van der Waals surface area contributed by atoms with E-state index in [4.69, 9.17) is 32.1 Å². The highest BCUT2D eigenvalue weighted by atomic mass is 16.5. The molecule has 0 saturated carbocycles. The summed E-state index contributed by atoms with van der Waals surface area (Å²) in [5, 5.41) is 10.6. The Labute approximate surface area is 139 Å². The quantitative estimate of drug-likeness (QED) is 0.663. The third kappa shape index (κ3) is 3.42. The van der Waals surface area contributed by atoms with Crippen LogP contribution < -0.4 is 25.7 Å². The van der Waals surface area contributed by atoms with Crippen molar-refractivity contribution in [3.8, 4) is 29.6 Å². The Morgan fingerprint density at radius 2 is 1.88 bits per heavy atom.